The molecular formula is C12H21N3O4. The number of carbonyl (C=O) groups excluding carboxylic acids is 2. The number of rotatable bonds is 5. The van der Waals surface area contributed by atoms with Crippen LogP contribution in [-0.4, -0.2) is 54.1 Å². The van der Waals surface area contributed by atoms with Crippen molar-refractivity contribution in [3.05, 3.63) is 0 Å². The maximum atomic E-state index is 11.8. The van der Waals surface area contributed by atoms with Crippen LogP contribution < -0.4 is 10.6 Å². The molecule has 0 spiro atoms. The van der Waals surface area contributed by atoms with Crippen molar-refractivity contribution in [2.45, 2.75) is 20.3 Å². The van der Waals surface area contributed by atoms with Gasteiger partial charge < -0.3 is 20.6 Å². The lowest BCUT2D eigenvalue weighted by Gasteiger charge is -2.16. The highest BCUT2D eigenvalue weighted by Gasteiger charge is 2.36. The van der Waals surface area contributed by atoms with Gasteiger partial charge in [-0.25, -0.2) is 4.79 Å². The van der Waals surface area contributed by atoms with Crippen LogP contribution in [0.25, 0.3) is 0 Å². The monoisotopic (exact) mass is 271 g/mol. The Morgan fingerprint density at radius 3 is 2.47 bits per heavy atom. The Kier molecular flexibility index (Phi) is 5.59. The molecule has 1 heterocycles. The van der Waals surface area contributed by atoms with Gasteiger partial charge in [-0.15, -0.1) is 0 Å². The minimum atomic E-state index is -0.870. The van der Waals surface area contributed by atoms with Gasteiger partial charge >= 0.3 is 12.0 Å². The quantitative estimate of drug-likeness (QED) is 0.649. The fourth-order valence-electron chi connectivity index (χ4n) is 2.13. The van der Waals surface area contributed by atoms with Crippen LogP contribution >= 0.6 is 0 Å². The van der Waals surface area contributed by atoms with Gasteiger partial charge in [0, 0.05) is 32.6 Å². The van der Waals surface area contributed by atoms with Crippen LogP contribution in [0.1, 0.15) is 20.3 Å². The number of carboxylic acids is 1. The molecule has 7 nitrogen and oxygen atoms in total. The molecule has 0 aromatic rings. The predicted octanol–water partition coefficient (Wildman–Crippen LogP) is -0.125. The summed E-state index contributed by atoms with van der Waals surface area (Å²) in [5, 5.41) is 14.2. The fraction of sp³-hybridized carbons (Fsp3) is 0.750. The Morgan fingerprint density at radius 1 is 1.26 bits per heavy atom. The van der Waals surface area contributed by atoms with E-state index in [-0.39, 0.29) is 37.4 Å². The normalized spacial score (nSPS) is 22.1. The van der Waals surface area contributed by atoms with Gasteiger partial charge in [0.1, 0.15) is 0 Å². The smallest absolute Gasteiger partial charge is 0.317 e. The summed E-state index contributed by atoms with van der Waals surface area (Å²) in [6, 6.07) is -0.306. The largest absolute Gasteiger partial charge is 0.481 e. The number of hydrogen-bond acceptors (Lipinski definition) is 3. The SMILES string of the molecule is CCNC(=O)CCNC(=O)N1CC(C)C(C(=O)O)C1. The average molecular weight is 271 g/mol. The van der Waals surface area contributed by atoms with Crippen molar-refractivity contribution >= 4 is 17.9 Å². The highest BCUT2D eigenvalue weighted by Crippen LogP contribution is 2.22. The second-order valence-corrected chi connectivity index (χ2v) is 4.76. The van der Waals surface area contributed by atoms with Crippen molar-refractivity contribution in [1.29, 1.82) is 0 Å². The molecule has 7 heteroatoms. The Labute approximate surface area is 112 Å². The summed E-state index contributed by atoms with van der Waals surface area (Å²) in [4.78, 5) is 35.4. The molecule has 1 fully saturated rings. The molecule has 1 rings (SSSR count). The molecule has 0 aromatic heterocycles. The first-order valence-corrected chi connectivity index (χ1v) is 6.48. The third kappa shape index (κ3) is 4.42. The topological polar surface area (TPSA) is 98.7 Å². The van der Waals surface area contributed by atoms with Crippen molar-refractivity contribution in [3.63, 3.8) is 0 Å². The zero-order valence-corrected chi connectivity index (χ0v) is 11.3. The summed E-state index contributed by atoms with van der Waals surface area (Å²) in [6.45, 7) is 5.13. The molecule has 0 bridgehead atoms. The second-order valence-electron chi connectivity index (χ2n) is 4.76. The molecule has 1 saturated heterocycles. The number of aliphatic carboxylic acids is 1. The molecule has 3 N–H and O–H groups in total. The van der Waals surface area contributed by atoms with E-state index in [1.165, 1.54) is 4.90 Å². The molecule has 2 atom stereocenters. The molecule has 19 heavy (non-hydrogen) atoms. The summed E-state index contributed by atoms with van der Waals surface area (Å²) < 4.78 is 0. The maximum Gasteiger partial charge on any atom is 0.317 e. The van der Waals surface area contributed by atoms with Crippen molar-refractivity contribution in [2.24, 2.45) is 11.8 Å². The summed E-state index contributed by atoms with van der Waals surface area (Å²) >= 11 is 0. The van der Waals surface area contributed by atoms with Crippen molar-refractivity contribution in [2.75, 3.05) is 26.2 Å². The first-order chi connectivity index (χ1) is 8.95. The lowest BCUT2D eigenvalue weighted by atomic mass is 9.99. The number of likely N-dealkylation sites (tertiary alicyclic amines) is 1. The van der Waals surface area contributed by atoms with E-state index in [4.69, 9.17) is 5.11 Å². The molecule has 2 unspecified atom stereocenters. The lowest BCUT2D eigenvalue weighted by molar-refractivity contribution is -0.142. The van der Waals surface area contributed by atoms with Crippen LogP contribution in [0.4, 0.5) is 4.79 Å². The zero-order chi connectivity index (χ0) is 14.4. The first-order valence-electron chi connectivity index (χ1n) is 6.48. The Morgan fingerprint density at radius 2 is 1.95 bits per heavy atom. The highest BCUT2D eigenvalue weighted by atomic mass is 16.4. The molecule has 0 radical (unpaired) electrons. The lowest BCUT2D eigenvalue weighted by Crippen LogP contribution is -2.40. The third-order valence-electron chi connectivity index (χ3n) is 3.22. The van der Waals surface area contributed by atoms with Crippen molar-refractivity contribution in [1.82, 2.24) is 15.5 Å². The number of nitrogens with zero attached hydrogens (tertiary/aromatic N) is 1. The van der Waals surface area contributed by atoms with Gasteiger partial charge in [0.2, 0.25) is 5.91 Å². The van der Waals surface area contributed by atoms with E-state index in [0.717, 1.165) is 0 Å². The van der Waals surface area contributed by atoms with Crippen LogP contribution in [0.2, 0.25) is 0 Å². The van der Waals surface area contributed by atoms with E-state index < -0.39 is 11.9 Å². The van der Waals surface area contributed by atoms with E-state index in [1.807, 2.05) is 13.8 Å². The van der Waals surface area contributed by atoms with Gasteiger partial charge in [-0.2, -0.15) is 0 Å². The summed E-state index contributed by atoms with van der Waals surface area (Å²) in [7, 11) is 0. The molecule has 1 aliphatic rings. The van der Waals surface area contributed by atoms with E-state index >= 15 is 0 Å². The van der Waals surface area contributed by atoms with Crippen LogP contribution in [0, 0.1) is 11.8 Å². The van der Waals surface area contributed by atoms with Crippen molar-refractivity contribution in [3.8, 4) is 0 Å². The third-order valence-corrected chi connectivity index (χ3v) is 3.22. The number of urea groups is 1. The molecule has 0 aromatic carbocycles. The minimum Gasteiger partial charge on any atom is -0.481 e. The Bertz CT molecular complexity index is 359. The molecular weight excluding hydrogens is 250 g/mol. The second kappa shape index (κ2) is 6.96. The number of nitrogens with one attached hydrogen (secondary N) is 2. The van der Waals surface area contributed by atoms with Gasteiger partial charge in [-0.05, 0) is 12.8 Å². The summed E-state index contributed by atoms with van der Waals surface area (Å²) in [5.41, 5.74) is 0. The van der Waals surface area contributed by atoms with Gasteiger partial charge in [-0.1, -0.05) is 6.92 Å². The Hall–Kier alpha value is -1.79. The van der Waals surface area contributed by atoms with Crippen molar-refractivity contribution < 1.29 is 19.5 Å². The van der Waals surface area contributed by atoms with Gasteiger partial charge in [-0.3, -0.25) is 9.59 Å². The molecule has 3 amide bonds. The van der Waals surface area contributed by atoms with Crippen LogP contribution in [0.15, 0.2) is 0 Å². The number of carbonyl (C=O) groups is 3. The van der Waals surface area contributed by atoms with E-state index in [0.29, 0.717) is 13.1 Å². The van der Waals surface area contributed by atoms with Gasteiger partial charge in [0.05, 0.1) is 5.92 Å². The summed E-state index contributed by atoms with van der Waals surface area (Å²) in [6.07, 6.45) is 0.228. The summed E-state index contributed by atoms with van der Waals surface area (Å²) in [5.74, 6) is -1.54. The van der Waals surface area contributed by atoms with Gasteiger partial charge in [0.15, 0.2) is 0 Å². The minimum absolute atomic E-state index is 0.0494. The van der Waals surface area contributed by atoms with E-state index in [9.17, 15) is 14.4 Å². The maximum absolute atomic E-state index is 11.8. The van der Waals surface area contributed by atoms with Gasteiger partial charge in [0.25, 0.3) is 0 Å². The zero-order valence-electron chi connectivity index (χ0n) is 11.3. The first kappa shape index (κ1) is 15.3. The number of hydrogen-bond donors (Lipinski definition) is 3. The Balaban J connectivity index is 2.31. The molecule has 0 aliphatic carbocycles. The highest BCUT2D eigenvalue weighted by molar-refractivity contribution is 5.79. The van der Waals surface area contributed by atoms with E-state index in [2.05, 4.69) is 10.6 Å². The number of amides is 3. The van der Waals surface area contributed by atoms with Crippen LogP contribution in [0.5, 0.6) is 0 Å². The average Bonchev–Trinajstić information content (AvgIpc) is 2.71. The van der Waals surface area contributed by atoms with Crippen LogP contribution in [-0.2, 0) is 9.59 Å². The standard InChI is InChI=1S/C12H21N3O4/c1-3-13-10(16)4-5-14-12(19)15-6-8(2)9(7-15)11(17)18/h8-9H,3-7H2,1-2H3,(H,13,16)(H,14,19)(H,17,18). The number of carboxylic acid groups (broad SMARTS) is 1. The van der Waals surface area contributed by atoms with Crippen LogP contribution in [0.3, 0.4) is 0 Å². The molecule has 0 saturated carbocycles. The molecule has 1 aliphatic heterocycles. The fourth-order valence-corrected chi connectivity index (χ4v) is 2.13. The van der Waals surface area contributed by atoms with E-state index in [1.54, 1.807) is 0 Å². The molecule has 108 valence electrons. The predicted molar refractivity (Wildman–Crippen MR) is 68.6 cm³/mol.